The molecule has 0 spiro atoms. The second-order valence-electron chi connectivity index (χ2n) is 9.71. The Labute approximate surface area is 215 Å². The maximum absolute atomic E-state index is 13.3. The van der Waals surface area contributed by atoms with Crippen molar-refractivity contribution < 1.29 is 19.1 Å². The average Bonchev–Trinajstić information content (AvgIpc) is 3.57. The van der Waals surface area contributed by atoms with Gasteiger partial charge in [-0.05, 0) is 72.4 Å². The van der Waals surface area contributed by atoms with Crippen molar-refractivity contribution in [1.82, 2.24) is 9.88 Å². The fraction of sp³-hybridized carbons (Fsp3) is 0.267. The average molecular weight is 496 g/mol. The molecule has 1 aromatic heterocycles. The molecular formula is C30H29N3O4. The molecule has 7 nitrogen and oxygen atoms in total. The first kappa shape index (κ1) is 23.2. The molecule has 4 aromatic rings. The van der Waals surface area contributed by atoms with Crippen LogP contribution < -0.4 is 14.8 Å². The summed E-state index contributed by atoms with van der Waals surface area (Å²) < 4.78 is 11.2. The van der Waals surface area contributed by atoms with Crippen LogP contribution in [-0.4, -0.2) is 48.0 Å². The van der Waals surface area contributed by atoms with Crippen molar-refractivity contribution in [2.45, 2.75) is 31.3 Å². The molecule has 3 aromatic carbocycles. The summed E-state index contributed by atoms with van der Waals surface area (Å²) in [7, 11) is 1.68. The minimum absolute atomic E-state index is 0.0142. The van der Waals surface area contributed by atoms with Gasteiger partial charge >= 0.3 is 0 Å². The lowest BCUT2D eigenvalue weighted by molar-refractivity contribution is -0.122. The quantitative estimate of drug-likeness (QED) is 0.402. The number of anilines is 1. The lowest BCUT2D eigenvalue weighted by Crippen LogP contribution is -2.38. The van der Waals surface area contributed by atoms with E-state index in [0.717, 1.165) is 35.4 Å². The number of amides is 2. The molecule has 0 aliphatic carbocycles. The van der Waals surface area contributed by atoms with E-state index in [1.54, 1.807) is 31.4 Å². The zero-order valence-corrected chi connectivity index (χ0v) is 20.7. The van der Waals surface area contributed by atoms with Crippen LogP contribution in [0, 0.1) is 0 Å². The number of benzene rings is 3. The molecule has 2 amide bonds. The summed E-state index contributed by atoms with van der Waals surface area (Å²) in [6, 6.07) is 20.9. The molecular weight excluding hydrogens is 466 g/mol. The van der Waals surface area contributed by atoms with Crippen LogP contribution in [0.3, 0.4) is 0 Å². The zero-order valence-electron chi connectivity index (χ0n) is 20.7. The van der Waals surface area contributed by atoms with Gasteiger partial charge in [-0.25, -0.2) is 0 Å². The van der Waals surface area contributed by atoms with E-state index in [1.165, 1.54) is 10.9 Å². The molecule has 188 valence electrons. The molecule has 0 saturated carbocycles. The fourth-order valence-corrected chi connectivity index (χ4v) is 5.44. The van der Waals surface area contributed by atoms with Gasteiger partial charge in [-0.3, -0.25) is 9.59 Å². The summed E-state index contributed by atoms with van der Waals surface area (Å²) in [4.78, 5) is 31.4. The van der Waals surface area contributed by atoms with Crippen LogP contribution in [0.1, 0.15) is 40.2 Å². The van der Waals surface area contributed by atoms with Crippen LogP contribution in [0.25, 0.3) is 10.9 Å². The van der Waals surface area contributed by atoms with Crippen molar-refractivity contribution in [3.63, 3.8) is 0 Å². The predicted molar refractivity (Wildman–Crippen MR) is 142 cm³/mol. The van der Waals surface area contributed by atoms with Gasteiger partial charge in [-0.15, -0.1) is 0 Å². The highest BCUT2D eigenvalue weighted by Gasteiger charge is 2.29. The molecule has 0 bridgehead atoms. The Morgan fingerprint density at radius 2 is 1.86 bits per heavy atom. The highest BCUT2D eigenvalue weighted by molar-refractivity contribution is 5.98. The van der Waals surface area contributed by atoms with Gasteiger partial charge in [-0.2, -0.15) is 0 Å². The van der Waals surface area contributed by atoms with Crippen LogP contribution >= 0.6 is 0 Å². The van der Waals surface area contributed by atoms with Crippen molar-refractivity contribution in [3.8, 4) is 11.5 Å². The Balaban J connectivity index is 1.09. The van der Waals surface area contributed by atoms with E-state index < -0.39 is 6.10 Å². The highest BCUT2D eigenvalue weighted by atomic mass is 16.5. The number of carbonyl (C=O) groups excluding carboxylic acids is 2. The smallest absolute Gasteiger partial charge is 0.265 e. The van der Waals surface area contributed by atoms with Crippen LogP contribution in [-0.2, 0) is 11.2 Å². The van der Waals surface area contributed by atoms with Crippen molar-refractivity contribution in [2.75, 3.05) is 25.5 Å². The largest absolute Gasteiger partial charge is 0.497 e. The maximum atomic E-state index is 13.3. The number of fused-ring (bicyclic) bond motifs is 2. The van der Waals surface area contributed by atoms with Gasteiger partial charge in [0.15, 0.2) is 6.10 Å². The Kier molecular flexibility index (Phi) is 6.04. The number of aromatic amines is 1. The zero-order chi connectivity index (χ0) is 25.4. The van der Waals surface area contributed by atoms with Gasteiger partial charge in [-0.1, -0.05) is 24.3 Å². The monoisotopic (exact) mass is 495 g/mol. The molecule has 1 unspecified atom stereocenters. The van der Waals surface area contributed by atoms with Crippen LogP contribution in [0.4, 0.5) is 5.69 Å². The van der Waals surface area contributed by atoms with Crippen molar-refractivity contribution >= 4 is 28.4 Å². The number of carbonyl (C=O) groups is 2. The standard InChI is InChI=1S/C30H29N3O4/c1-36-23-9-10-26-24(17-23)25(18-31-26)19-11-13-33(14-12-19)30(35)21-6-4-7-22(15-21)32-29(34)28-16-20-5-2-3-8-27(20)37-28/h2-10,15,17-19,28,31H,11-14,16H2,1H3,(H,32,34). The van der Waals surface area contributed by atoms with Gasteiger partial charge in [0, 0.05) is 47.9 Å². The first-order valence-corrected chi connectivity index (χ1v) is 12.7. The molecule has 2 aliphatic rings. The van der Waals surface area contributed by atoms with Crippen molar-refractivity contribution in [2.24, 2.45) is 0 Å². The van der Waals surface area contributed by atoms with Gasteiger partial charge in [0.05, 0.1) is 7.11 Å². The number of ether oxygens (including phenoxy) is 2. The molecule has 3 heterocycles. The third-order valence-corrected chi connectivity index (χ3v) is 7.46. The number of H-pyrrole nitrogens is 1. The lowest BCUT2D eigenvalue weighted by Gasteiger charge is -2.32. The van der Waals surface area contributed by atoms with Gasteiger partial charge in [0.2, 0.25) is 0 Å². The van der Waals surface area contributed by atoms with Crippen LogP contribution in [0.5, 0.6) is 11.5 Å². The van der Waals surface area contributed by atoms with Gasteiger partial charge < -0.3 is 24.7 Å². The first-order valence-electron chi connectivity index (χ1n) is 12.7. The number of methoxy groups -OCH3 is 1. The number of nitrogens with one attached hydrogen (secondary N) is 2. The molecule has 1 saturated heterocycles. The minimum Gasteiger partial charge on any atom is -0.497 e. The number of aromatic nitrogens is 1. The normalized spacial score (nSPS) is 17.3. The third-order valence-electron chi connectivity index (χ3n) is 7.46. The Morgan fingerprint density at radius 1 is 1.03 bits per heavy atom. The van der Waals surface area contributed by atoms with E-state index in [2.05, 4.69) is 22.6 Å². The van der Waals surface area contributed by atoms with E-state index in [4.69, 9.17) is 9.47 Å². The number of hydrogen-bond donors (Lipinski definition) is 2. The van der Waals surface area contributed by atoms with E-state index in [-0.39, 0.29) is 11.8 Å². The number of para-hydroxylation sites is 1. The predicted octanol–water partition coefficient (Wildman–Crippen LogP) is 5.14. The van der Waals surface area contributed by atoms with Gasteiger partial charge in [0.1, 0.15) is 11.5 Å². The highest BCUT2D eigenvalue weighted by Crippen LogP contribution is 2.35. The van der Waals surface area contributed by atoms with E-state index >= 15 is 0 Å². The third kappa shape index (κ3) is 4.53. The first-order chi connectivity index (χ1) is 18.1. The molecule has 7 heteroatoms. The van der Waals surface area contributed by atoms with Gasteiger partial charge in [0.25, 0.3) is 11.8 Å². The summed E-state index contributed by atoms with van der Waals surface area (Å²) in [5, 5.41) is 4.10. The Bertz CT molecular complexity index is 1440. The fourth-order valence-electron chi connectivity index (χ4n) is 5.44. The SMILES string of the molecule is COc1ccc2[nH]cc(C3CCN(C(=O)c4cccc(NC(=O)C5Cc6ccccc6O5)c4)CC3)c2c1. The van der Waals surface area contributed by atoms with E-state index in [9.17, 15) is 9.59 Å². The number of piperidine rings is 1. The molecule has 6 rings (SSSR count). The molecule has 1 fully saturated rings. The molecule has 1 atom stereocenters. The number of hydrogen-bond acceptors (Lipinski definition) is 4. The van der Waals surface area contributed by atoms with E-state index in [0.29, 0.717) is 36.7 Å². The topological polar surface area (TPSA) is 83.7 Å². The Morgan fingerprint density at radius 3 is 2.68 bits per heavy atom. The Hall–Kier alpha value is -4.26. The summed E-state index contributed by atoms with van der Waals surface area (Å²) >= 11 is 0. The van der Waals surface area contributed by atoms with E-state index in [1.807, 2.05) is 41.3 Å². The summed E-state index contributed by atoms with van der Waals surface area (Å²) in [6.07, 6.45) is 3.85. The summed E-state index contributed by atoms with van der Waals surface area (Å²) in [5.41, 5.74) is 4.57. The number of rotatable bonds is 5. The summed E-state index contributed by atoms with van der Waals surface area (Å²) in [5.74, 6) is 1.75. The lowest BCUT2D eigenvalue weighted by atomic mass is 9.89. The van der Waals surface area contributed by atoms with Crippen LogP contribution in [0.15, 0.2) is 72.9 Å². The van der Waals surface area contributed by atoms with Crippen molar-refractivity contribution in [3.05, 3.63) is 89.6 Å². The maximum Gasteiger partial charge on any atom is 0.265 e. The minimum atomic E-state index is -0.569. The molecule has 37 heavy (non-hydrogen) atoms. The van der Waals surface area contributed by atoms with Crippen molar-refractivity contribution in [1.29, 1.82) is 0 Å². The number of nitrogens with zero attached hydrogens (tertiary/aromatic N) is 1. The molecule has 2 N–H and O–H groups in total. The second-order valence-corrected chi connectivity index (χ2v) is 9.71. The number of likely N-dealkylation sites (tertiary alicyclic amines) is 1. The molecule has 2 aliphatic heterocycles. The second kappa shape index (κ2) is 9.65. The summed E-state index contributed by atoms with van der Waals surface area (Å²) in [6.45, 7) is 1.37. The molecule has 0 radical (unpaired) electrons. The van der Waals surface area contributed by atoms with Crippen LogP contribution in [0.2, 0.25) is 0 Å².